The molecule has 1 heterocycles. The van der Waals surface area contributed by atoms with Gasteiger partial charge in [-0.2, -0.15) is 5.10 Å². The summed E-state index contributed by atoms with van der Waals surface area (Å²) in [5.74, 6) is -0.273. The van der Waals surface area contributed by atoms with E-state index in [1.807, 2.05) is 85.3 Å². The second kappa shape index (κ2) is 9.54. The number of ether oxygens (including phenoxy) is 1. The van der Waals surface area contributed by atoms with Crippen LogP contribution in [0.15, 0.2) is 71.2 Å². The van der Waals surface area contributed by atoms with Gasteiger partial charge in [0.05, 0.1) is 36.3 Å². The van der Waals surface area contributed by atoms with Crippen molar-refractivity contribution in [3.63, 3.8) is 0 Å². The number of carbonyl (C=O) groups is 2. The van der Waals surface area contributed by atoms with Gasteiger partial charge in [-0.1, -0.05) is 52.3 Å². The lowest BCUT2D eigenvalue weighted by atomic mass is 9.95. The minimum absolute atomic E-state index is 0.109. The summed E-state index contributed by atoms with van der Waals surface area (Å²) in [5, 5.41) is 8.77. The van der Waals surface area contributed by atoms with Gasteiger partial charge in [0.25, 0.3) is 5.91 Å². The van der Waals surface area contributed by atoms with E-state index in [-0.39, 0.29) is 17.9 Å². The Morgan fingerprint density at radius 1 is 1.08 bits per heavy atom. The van der Waals surface area contributed by atoms with E-state index in [1.54, 1.807) is 0 Å². The summed E-state index contributed by atoms with van der Waals surface area (Å²) in [4.78, 5) is 25.1. The number of aromatic nitrogens is 2. The molecule has 6 nitrogen and oxygen atoms in total. The average molecular weight is 546 g/mol. The molecule has 1 saturated carbocycles. The van der Waals surface area contributed by atoms with Crippen molar-refractivity contribution in [3.8, 4) is 0 Å². The van der Waals surface area contributed by atoms with Crippen LogP contribution in [0.25, 0.3) is 10.9 Å². The van der Waals surface area contributed by atoms with Crippen LogP contribution in [0, 0.1) is 6.92 Å². The molecule has 0 saturated heterocycles. The first-order chi connectivity index (χ1) is 17.3. The van der Waals surface area contributed by atoms with Crippen molar-refractivity contribution in [2.24, 2.45) is 0 Å². The summed E-state index contributed by atoms with van der Waals surface area (Å²) in [6, 6.07) is 21.7. The van der Waals surface area contributed by atoms with Crippen LogP contribution in [-0.4, -0.2) is 28.8 Å². The molecule has 3 aromatic carbocycles. The van der Waals surface area contributed by atoms with Crippen molar-refractivity contribution in [2.45, 2.75) is 44.7 Å². The van der Waals surface area contributed by atoms with Crippen LogP contribution < -0.4 is 5.32 Å². The zero-order valence-corrected chi connectivity index (χ0v) is 22.1. The Morgan fingerprint density at radius 3 is 2.42 bits per heavy atom. The summed E-state index contributed by atoms with van der Waals surface area (Å²) >= 11 is 3.44. The minimum atomic E-state index is -0.464. The zero-order valence-electron chi connectivity index (χ0n) is 20.5. The first-order valence-corrected chi connectivity index (χ1v) is 12.8. The van der Waals surface area contributed by atoms with Crippen LogP contribution in [0.2, 0.25) is 0 Å². The number of carbonyl (C=O) groups excluding carboxylic acids is 2. The molecule has 5 rings (SSSR count). The maximum Gasteiger partial charge on any atom is 0.316 e. The van der Waals surface area contributed by atoms with Crippen LogP contribution in [0.3, 0.4) is 0 Å². The number of benzene rings is 3. The van der Waals surface area contributed by atoms with Gasteiger partial charge >= 0.3 is 5.97 Å². The van der Waals surface area contributed by atoms with E-state index < -0.39 is 5.41 Å². The van der Waals surface area contributed by atoms with Gasteiger partial charge in [-0.05, 0) is 73.7 Å². The van der Waals surface area contributed by atoms with Crippen LogP contribution in [0.1, 0.15) is 58.5 Å². The number of hydrogen-bond donors (Lipinski definition) is 1. The number of nitrogens with zero attached hydrogens (tertiary/aromatic N) is 2. The Labute approximate surface area is 218 Å². The average Bonchev–Trinajstić information content (AvgIpc) is 3.64. The van der Waals surface area contributed by atoms with Gasteiger partial charge in [0.1, 0.15) is 0 Å². The summed E-state index contributed by atoms with van der Waals surface area (Å²) in [6.45, 7) is 4.54. The Hall–Kier alpha value is -3.45. The maximum atomic E-state index is 13.0. The molecule has 184 valence electrons. The number of hydrogen-bond acceptors (Lipinski definition) is 4. The third-order valence-corrected chi connectivity index (χ3v) is 7.61. The van der Waals surface area contributed by atoms with Gasteiger partial charge in [-0.25, -0.2) is 0 Å². The quantitative estimate of drug-likeness (QED) is 0.295. The number of fused-ring (bicyclic) bond motifs is 1. The fourth-order valence-electron chi connectivity index (χ4n) is 4.75. The molecular weight excluding hydrogens is 518 g/mol. The van der Waals surface area contributed by atoms with E-state index in [9.17, 15) is 9.59 Å². The molecule has 1 atom stereocenters. The van der Waals surface area contributed by atoms with E-state index in [0.717, 1.165) is 50.6 Å². The molecule has 0 bridgehead atoms. The molecule has 0 radical (unpaired) electrons. The molecule has 0 unspecified atom stereocenters. The van der Waals surface area contributed by atoms with E-state index in [2.05, 4.69) is 21.2 Å². The van der Waals surface area contributed by atoms with E-state index in [4.69, 9.17) is 9.84 Å². The Kier molecular flexibility index (Phi) is 6.43. The first-order valence-electron chi connectivity index (χ1n) is 12.0. The van der Waals surface area contributed by atoms with E-state index in [0.29, 0.717) is 12.1 Å². The SMILES string of the molecule is COC(=O)C1(c2ccc(Cn3nc(C)c4cc(C(=O)N[C@@H](C)c5ccc(Br)cc5)ccc43)cc2)CC1. The predicted molar refractivity (Wildman–Crippen MR) is 143 cm³/mol. The third-order valence-electron chi connectivity index (χ3n) is 7.08. The molecule has 1 aliphatic carbocycles. The molecule has 7 heteroatoms. The fraction of sp³-hybridized carbons (Fsp3) is 0.276. The van der Waals surface area contributed by atoms with Crippen molar-refractivity contribution in [1.82, 2.24) is 15.1 Å². The van der Waals surface area contributed by atoms with Crippen LogP contribution in [0.4, 0.5) is 0 Å². The number of halogens is 1. The fourth-order valence-corrected chi connectivity index (χ4v) is 5.01. The summed E-state index contributed by atoms with van der Waals surface area (Å²) in [6.07, 6.45) is 1.67. The monoisotopic (exact) mass is 545 g/mol. The lowest BCUT2D eigenvalue weighted by Crippen LogP contribution is -2.26. The highest BCUT2D eigenvalue weighted by Gasteiger charge is 2.52. The second-order valence-corrected chi connectivity index (χ2v) is 10.4. The van der Waals surface area contributed by atoms with Crippen molar-refractivity contribution >= 4 is 38.7 Å². The zero-order chi connectivity index (χ0) is 25.4. The molecule has 0 aliphatic heterocycles. The first kappa shape index (κ1) is 24.3. The van der Waals surface area contributed by atoms with Gasteiger partial charge in [0.15, 0.2) is 0 Å². The number of esters is 1. The van der Waals surface area contributed by atoms with Gasteiger partial charge in [-0.3, -0.25) is 14.3 Å². The number of methoxy groups -OCH3 is 1. The summed E-state index contributed by atoms with van der Waals surface area (Å²) in [5.41, 5.74) is 5.13. The Balaban J connectivity index is 1.32. The van der Waals surface area contributed by atoms with Crippen molar-refractivity contribution in [1.29, 1.82) is 0 Å². The van der Waals surface area contributed by atoms with Crippen molar-refractivity contribution in [3.05, 3.63) is 99.2 Å². The second-order valence-electron chi connectivity index (χ2n) is 9.49. The van der Waals surface area contributed by atoms with Gasteiger partial charge in [0, 0.05) is 15.4 Å². The molecule has 0 spiro atoms. The normalized spacial score (nSPS) is 14.9. The number of nitrogens with one attached hydrogen (secondary N) is 1. The smallest absolute Gasteiger partial charge is 0.316 e. The van der Waals surface area contributed by atoms with Crippen molar-refractivity contribution in [2.75, 3.05) is 7.11 Å². The number of aryl methyl sites for hydroxylation is 1. The van der Waals surface area contributed by atoms with Gasteiger partial charge in [0.2, 0.25) is 0 Å². The maximum absolute atomic E-state index is 13.0. The molecule has 1 N–H and O–H groups in total. The molecular formula is C29H28BrN3O3. The topological polar surface area (TPSA) is 73.2 Å². The molecule has 1 aromatic heterocycles. The molecule has 36 heavy (non-hydrogen) atoms. The molecule has 1 aliphatic rings. The Bertz CT molecular complexity index is 1440. The van der Waals surface area contributed by atoms with E-state index in [1.165, 1.54) is 7.11 Å². The molecule has 4 aromatic rings. The highest BCUT2D eigenvalue weighted by atomic mass is 79.9. The molecule has 1 fully saturated rings. The lowest BCUT2D eigenvalue weighted by molar-refractivity contribution is -0.143. The third kappa shape index (κ3) is 4.55. The van der Waals surface area contributed by atoms with Gasteiger partial charge < -0.3 is 10.1 Å². The number of rotatable bonds is 7. The van der Waals surface area contributed by atoms with E-state index >= 15 is 0 Å². The Morgan fingerprint density at radius 2 is 1.78 bits per heavy atom. The van der Waals surface area contributed by atoms with Crippen LogP contribution in [0.5, 0.6) is 0 Å². The summed E-state index contributed by atoms with van der Waals surface area (Å²) in [7, 11) is 1.44. The van der Waals surface area contributed by atoms with Gasteiger partial charge in [-0.15, -0.1) is 0 Å². The standard InChI is InChI=1S/C29H28BrN3O3/c1-18(21-6-11-24(30)12-7-21)31-27(34)22-8-13-26-25(16-22)19(2)32-33(26)17-20-4-9-23(10-5-20)29(14-15-29)28(35)36-3/h4-13,16,18H,14-15,17H2,1-3H3,(H,31,34)/t18-/m0/s1. The predicted octanol–water partition coefficient (Wildman–Crippen LogP) is 5.85. The van der Waals surface area contributed by atoms with Crippen LogP contribution in [-0.2, 0) is 21.5 Å². The largest absolute Gasteiger partial charge is 0.468 e. The minimum Gasteiger partial charge on any atom is -0.468 e. The molecule has 1 amide bonds. The van der Waals surface area contributed by atoms with Crippen molar-refractivity contribution < 1.29 is 14.3 Å². The lowest BCUT2D eigenvalue weighted by Gasteiger charge is -2.15. The summed E-state index contributed by atoms with van der Waals surface area (Å²) < 4.78 is 7.96. The highest BCUT2D eigenvalue weighted by molar-refractivity contribution is 9.10. The highest BCUT2D eigenvalue weighted by Crippen LogP contribution is 2.49. The van der Waals surface area contributed by atoms with Crippen LogP contribution >= 0.6 is 15.9 Å². The number of amides is 1.